The molecular formula is C21H31ClN6O4. The molecule has 32 heavy (non-hydrogen) atoms. The van der Waals surface area contributed by atoms with Crippen molar-refractivity contribution in [2.45, 2.75) is 19.3 Å². The number of benzene rings is 1. The van der Waals surface area contributed by atoms with Gasteiger partial charge in [-0.15, -0.1) is 0 Å². The molecule has 0 fully saturated rings. The number of rotatable bonds is 15. The second-order valence-electron chi connectivity index (χ2n) is 6.85. The Morgan fingerprint density at radius 1 is 0.938 bits per heavy atom. The molecule has 0 aliphatic heterocycles. The first-order valence-electron chi connectivity index (χ1n) is 10.4. The number of aromatic nitrogens is 2. The van der Waals surface area contributed by atoms with Crippen LogP contribution in [0.2, 0.25) is 5.15 Å². The molecule has 0 aliphatic carbocycles. The summed E-state index contributed by atoms with van der Waals surface area (Å²) in [4.78, 5) is 19.8. The van der Waals surface area contributed by atoms with E-state index < -0.39 is 5.91 Å². The van der Waals surface area contributed by atoms with Gasteiger partial charge in [-0.2, -0.15) is 0 Å². The van der Waals surface area contributed by atoms with Crippen molar-refractivity contribution in [3.8, 4) is 5.75 Å². The van der Waals surface area contributed by atoms with Gasteiger partial charge in [-0.3, -0.25) is 4.79 Å². The second kappa shape index (κ2) is 14.4. The molecule has 0 saturated carbocycles. The predicted molar refractivity (Wildman–Crippen MR) is 124 cm³/mol. The van der Waals surface area contributed by atoms with Gasteiger partial charge in [0.25, 0.3) is 5.91 Å². The maximum Gasteiger partial charge on any atom is 0.273 e. The number of carbonyl (C=O) groups is 1. The number of aryl methyl sites for hydroxylation is 1. The second-order valence-corrected chi connectivity index (χ2v) is 7.21. The fraction of sp³-hybridized carbons (Fsp3) is 0.476. The molecule has 0 unspecified atom stereocenters. The number of hydrogen-bond acceptors (Lipinski definition) is 9. The number of hydrogen-bond donors (Lipinski definition) is 4. The van der Waals surface area contributed by atoms with Gasteiger partial charge in [-0.05, 0) is 37.0 Å². The van der Waals surface area contributed by atoms with Gasteiger partial charge >= 0.3 is 0 Å². The van der Waals surface area contributed by atoms with Crippen LogP contribution in [0.15, 0.2) is 24.3 Å². The molecule has 2 aromatic rings. The van der Waals surface area contributed by atoms with Gasteiger partial charge in [0.1, 0.15) is 12.4 Å². The van der Waals surface area contributed by atoms with Crippen molar-refractivity contribution in [3.05, 3.63) is 40.7 Å². The van der Waals surface area contributed by atoms with Crippen LogP contribution in [0.3, 0.4) is 0 Å². The molecule has 0 radical (unpaired) electrons. The number of halogens is 1. The lowest BCUT2D eigenvalue weighted by Crippen LogP contribution is -2.27. The molecule has 11 heteroatoms. The number of nitrogens with one attached hydrogen (secondary N) is 1. The van der Waals surface area contributed by atoms with E-state index in [0.717, 1.165) is 25.0 Å². The van der Waals surface area contributed by atoms with E-state index in [-0.39, 0.29) is 22.5 Å². The normalized spacial score (nSPS) is 10.8. The van der Waals surface area contributed by atoms with Crippen LogP contribution in [0.4, 0.5) is 11.6 Å². The van der Waals surface area contributed by atoms with Gasteiger partial charge < -0.3 is 36.7 Å². The predicted octanol–water partition coefficient (Wildman–Crippen LogP) is 1.42. The highest BCUT2D eigenvalue weighted by atomic mass is 35.5. The van der Waals surface area contributed by atoms with E-state index in [1.165, 1.54) is 5.56 Å². The largest absolute Gasteiger partial charge is 0.491 e. The van der Waals surface area contributed by atoms with E-state index in [2.05, 4.69) is 15.3 Å². The molecule has 1 heterocycles. The Bertz CT molecular complexity index is 838. The summed E-state index contributed by atoms with van der Waals surface area (Å²) in [6, 6.07) is 7.94. The Kier molecular flexibility index (Phi) is 11.5. The number of amides is 1. The number of nitrogens with two attached hydrogens (primary N) is 3. The van der Waals surface area contributed by atoms with Gasteiger partial charge in [0, 0.05) is 13.1 Å². The zero-order chi connectivity index (χ0) is 23.2. The molecule has 0 aliphatic rings. The van der Waals surface area contributed by atoms with E-state index >= 15 is 0 Å². The minimum absolute atomic E-state index is 0.00498. The third kappa shape index (κ3) is 9.23. The summed E-state index contributed by atoms with van der Waals surface area (Å²) < 4.78 is 16.3. The maximum absolute atomic E-state index is 12.2. The molecule has 0 saturated heterocycles. The van der Waals surface area contributed by atoms with Crippen molar-refractivity contribution in [2.75, 3.05) is 57.6 Å². The Morgan fingerprint density at radius 3 is 2.34 bits per heavy atom. The number of carbonyl (C=O) groups excluding carboxylic acids is 1. The Morgan fingerprint density at radius 2 is 1.62 bits per heavy atom. The van der Waals surface area contributed by atoms with E-state index in [4.69, 9.17) is 43.0 Å². The Hall–Kier alpha value is -2.66. The molecule has 0 spiro atoms. The molecule has 2 rings (SSSR count). The molecule has 0 bridgehead atoms. The molecule has 1 aromatic carbocycles. The highest BCUT2D eigenvalue weighted by Crippen LogP contribution is 2.17. The van der Waals surface area contributed by atoms with Crippen molar-refractivity contribution < 1.29 is 19.0 Å². The first-order chi connectivity index (χ1) is 15.5. The molecule has 1 aromatic heterocycles. The summed E-state index contributed by atoms with van der Waals surface area (Å²) in [5.74, 6) is 0.319. The molecule has 10 nitrogen and oxygen atoms in total. The van der Waals surface area contributed by atoms with Gasteiger partial charge in [-0.1, -0.05) is 23.7 Å². The van der Waals surface area contributed by atoms with Gasteiger partial charge in [0.05, 0.1) is 26.4 Å². The van der Waals surface area contributed by atoms with Crippen molar-refractivity contribution >= 4 is 29.1 Å². The van der Waals surface area contributed by atoms with Gasteiger partial charge in [-0.25, -0.2) is 9.97 Å². The Labute approximate surface area is 192 Å². The third-order valence-corrected chi connectivity index (χ3v) is 4.63. The Balaban J connectivity index is 1.58. The van der Waals surface area contributed by atoms with Gasteiger partial charge in [0.15, 0.2) is 22.5 Å². The SMILES string of the molecule is NCCOCCOCCOc1ccc(CCCCNC(=O)c2nc(Cl)c(N)nc2N)cc1. The van der Waals surface area contributed by atoms with Gasteiger partial charge in [0.2, 0.25) is 0 Å². The number of unbranched alkanes of at least 4 members (excludes halogenated alkanes) is 1. The van der Waals surface area contributed by atoms with E-state index in [0.29, 0.717) is 46.1 Å². The van der Waals surface area contributed by atoms with Crippen molar-refractivity contribution in [2.24, 2.45) is 5.73 Å². The van der Waals surface area contributed by atoms with Crippen LogP contribution in [-0.2, 0) is 15.9 Å². The average Bonchev–Trinajstić information content (AvgIpc) is 2.78. The fourth-order valence-corrected chi connectivity index (χ4v) is 2.85. The average molecular weight is 467 g/mol. The number of nitrogen functional groups attached to an aromatic ring is 2. The van der Waals surface area contributed by atoms with Crippen LogP contribution in [0.25, 0.3) is 0 Å². The third-order valence-electron chi connectivity index (χ3n) is 4.35. The van der Waals surface area contributed by atoms with Crippen LogP contribution in [0.5, 0.6) is 5.75 Å². The minimum atomic E-state index is -0.425. The number of ether oxygens (including phenoxy) is 3. The highest BCUT2D eigenvalue weighted by Gasteiger charge is 2.15. The summed E-state index contributed by atoms with van der Waals surface area (Å²) in [5, 5.41) is 2.72. The van der Waals surface area contributed by atoms with E-state index in [1.807, 2.05) is 24.3 Å². The monoisotopic (exact) mass is 466 g/mol. The molecule has 176 valence electrons. The van der Waals surface area contributed by atoms with Crippen molar-refractivity contribution in [1.29, 1.82) is 0 Å². The molecule has 1 amide bonds. The van der Waals surface area contributed by atoms with Crippen LogP contribution < -0.4 is 27.3 Å². The summed E-state index contributed by atoms with van der Waals surface area (Å²) in [6.45, 7) is 3.58. The molecule has 7 N–H and O–H groups in total. The quantitative estimate of drug-likeness (QED) is 0.284. The zero-order valence-electron chi connectivity index (χ0n) is 18.0. The zero-order valence-corrected chi connectivity index (χ0v) is 18.8. The lowest BCUT2D eigenvalue weighted by molar-refractivity contribution is 0.0388. The summed E-state index contributed by atoms with van der Waals surface area (Å²) in [7, 11) is 0. The number of anilines is 2. The fourth-order valence-electron chi connectivity index (χ4n) is 2.72. The molecule has 0 atom stereocenters. The van der Waals surface area contributed by atoms with Crippen molar-refractivity contribution in [1.82, 2.24) is 15.3 Å². The number of nitrogens with zero attached hydrogens (tertiary/aromatic N) is 2. The summed E-state index contributed by atoms with van der Waals surface area (Å²) in [6.07, 6.45) is 2.59. The standard InChI is InChI=1S/C21H31ClN6O4/c22-18-20(25)28-19(24)17(27-18)21(29)26-9-2-1-3-15-4-6-16(7-5-15)32-14-13-31-12-11-30-10-8-23/h4-7H,1-3,8-14,23H2,(H,26,29)(H4,24,25,28). The van der Waals surface area contributed by atoms with E-state index in [1.54, 1.807) is 0 Å². The summed E-state index contributed by atoms with van der Waals surface area (Å²) >= 11 is 5.80. The van der Waals surface area contributed by atoms with E-state index in [9.17, 15) is 4.79 Å². The van der Waals surface area contributed by atoms with Crippen LogP contribution >= 0.6 is 11.6 Å². The lowest BCUT2D eigenvalue weighted by Gasteiger charge is -2.09. The van der Waals surface area contributed by atoms with Crippen LogP contribution in [0, 0.1) is 0 Å². The first kappa shape index (κ1) is 25.6. The topological polar surface area (TPSA) is 161 Å². The summed E-state index contributed by atoms with van der Waals surface area (Å²) in [5.41, 5.74) is 17.7. The smallest absolute Gasteiger partial charge is 0.273 e. The maximum atomic E-state index is 12.2. The highest BCUT2D eigenvalue weighted by molar-refractivity contribution is 6.31. The lowest BCUT2D eigenvalue weighted by atomic mass is 10.1. The minimum Gasteiger partial charge on any atom is -0.491 e. The van der Waals surface area contributed by atoms with Crippen molar-refractivity contribution in [3.63, 3.8) is 0 Å². The molecular weight excluding hydrogens is 436 g/mol. The van der Waals surface area contributed by atoms with Crippen LogP contribution in [-0.4, -0.2) is 62.0 Å². The van der Waals surface area contributed by atoms with Crippen LogP contribution in [0.1, 0.15) is 28.9 Å². The first-order valence-corrected chi connectivity index (χ1v) is 10.8.